The Balaban J connectivity index is 2.46. The molecule has 0 amide bonds. The summed E-state index contributed by atoms with van der Waals surface area (Å²) in [5, 5.41) is 34.4. The van der Waals surface area contributed by atoms with E-state index in [0.29, 0.717) is 6.42 Å². The second-order valence-electron chi connectivity index (χ2n) is 9.97. The van der Waals surface area contributed by atoms with E-state index < -0.39 is 35.6 Å². The minimum absolute atomic E-state index is 0.103. The number of hydrogen-bond acceptors (Lipinski definition) is 8. The van der Waals surface area contributed by atoms with Crippen LogP contribution in [0.3, 0.4) is 0 Å². The molecule has 0 bridgehead atoms. The van der Waals surface area contributed by atoms with Crippen LogP contribution in [-0.2, 0) is 14.3 Å². The van der Waals surface area contributed by atoms with Gasteiger partial charge in [0, 0.05) is 11.3 Å². The second kappa shape index (κ2) is 14.6. The van der Waals surface area contributed by atoms with Crippen LogP contribution in [0.1, 0.15) is 77.4 Å². The molecule has 8 heteroatoms. The van der Waals surface area contributed by atoms with Crippen LogP contribution < -0.4 is 0 Å². The standard InChI is InChI=1S/C27H43NO6S/c1-17(25(32)19(3)26(33)27(5,6)23(30)15-24(31)34-7)12-10-8-9-11-13-22(29)18(2)14-21-16-35-20(4)28-21/h9,11,14,16-17,19,22-23,25,29-30,32H,8,10,12-13,15H2,1-7H3/b11-9-,18-14+/t17-,19+,22-,23-,25-/m0/s1. The maximum Gasteiger partial charge on any atom is 0.308 e. The monoisotopic (exact) mass is 509 g/mol. The van der Waals surface area contributed by atoms with Crippen molar-refractivity contribution in [1.82, 2.24) is 4.98 Å². The van der Waals surface area contributed by atoms with E-state index in [1.54, 1.807) is 32.1 Å². The number of carbonyl (C=O) groups excluding carboxylic acids is 2. The minimum Gasteiger partial charge on any atom is -0.469 e. The van der Waals surface area contributed by atoms with Gasteiger partial charge in [0.15, 0.2) is 0 Å². The van der Waals surface area contributed by atoms with Crippen LogP contribution in [0.4, 0.5) is 0 Å². The first-order chi connectivity index (χ1) is 16.3. The molecule has 1 heterocycles. The van der Waals surface area contributed by atoms with Crippen LogP contribution in [-0.4, -0.2) is 57.5 Å². The zero-order valence-electron chi connectivity index (χ0n) is 22.2. The van der Waals surface area contributed by atoms with Gasteiger partial charge in [-0.1, -0.05) is 39.8 Å². The van der Waals surface area contributed by atoms with Gasteiger partial charge >= 0.3 is 5.97 Å². The van der Waals surface area contributed by atoms with E-state index in [4.69, 9.17) is 0 Å². The number of esters is 1. The Kier molecular flexibility index (Phi) is 13.0. The number of aliphatic hydroxyl groups excluding tert-OH is 3. The summed E-state index contributed by atoms with van der Waals surface area (Å²) in [5.41, 5.74) is 0.563. The van der Waals surface area contributed by atoms with Crippen molar-refractivity contribution in [2.75, 3.05) is 7.11 Å². The van der Waals surface area contributed by atoms with Crippen molar-refractivity contribution in [3.8, 4) is 0 Å². The third-order valence-corrected chi connectivity index (χ3v) is 7.45. The fraction of sp³-hybridized carbons (Fsp3) is 0.667. The third-order valence-electron chi connectivity index (χ3n) is 6.66. The summed E-state index contributed by atoms with van der Waals surface area (Å²) in [7, 11) is 1.23. The number of ketones is 1. The van der Waals surface area contributed by atoms with Crippen LogP contribution in [0.2, 0.25) is 0 Å². The number of carbonyl (C=O) groups is 2. The quantitative estimate of drug-likeness (QED) is 0.181. The van der Waals surface area contributed by atoms with Gasteiger partial charge in [0.25, 0.3) is 0 Å². The molecule has 0 spiro atoms. The van der Waals surface area contributed by atoms with E-state index in [0.717, 1.165) is 35.5 Å². The van der Waals surface area contributed by atoms with Crippen LogP contribution in [0.25, 0.3) is 6.08 Å². The molecule has 0 aromatic carbocycles. The predicted octanol–water partition coefficient (Wildman–Crippen LogP) is 4.48. The Labute approximate surface area is 213 Å². The molecule has 5 atom stereocenters. The molecular formula is C27H43NO6S. The molecule has 0 aliphatic carbocycles. The number of thiazole rings is 1. The molecule has 0 aliphatic rings. The Morgan fingerprint density at radius 2 is 1.86 bits per heavy atom. The molecule has 0 fully saturated rings. The molecule has 1 aromatic rings. The molecule has 7 nitrogen and oxygen atoms in total. The number of allylic oxidation sites excluding steroid dienone is 1. The van der Waals surface area contributed by atoms with Gasteiger partial charge in [-0.2, -0.15) is 0 Å². The number of aryl methyl sites for hydroxylation is 1. The summed E-state index contributed by atoms with van der Waals surface area (Å²) in [6.07, 6.45) is 5.96. The molecule has 198 valence electrons. The smallest absolute Gasteiger partial charge is 0.308 e. The highest BCUT2D eigenvalue weighted by Crippen LogP contribution is 2.31. The summed E-state index contributed by atoms with van der Waals surface area (Å²) in [5.74, 6) is -1.64. The average Bonchev–Trinajstić information content (AvgIpc) is 3.23. The maximum absolute atomic E-state index is 13.0. The SMILES string of the molecule is COC(=O)C[C@H](O)C(C)(C)C(=O)[C@H](C)[C@@H](O)[C@@H](C)CCC/C=C\C[C@H](O)/C(C)=C/c1csc(C)n1. The lowest BCUT2D eigenvalue weighted by Crippen LogP contribution is -2.45. The molecule has 3 N–H and O–H groups in total. The number of aromatic nitrogens is 1. The first-order valence-electron chi connectivity index (χ1n) is 12.2. The van der Waals surface area contributed by atoms with Gasteiger partial charge in [-0.25, -0.2) is 4.98 Å². The van der Waals surface area contributed by atoms with E-state index in [9.17, 15) is 24.9 Å². The predicted molar refractivity (Wildman–Crippen MR) is 140 cm³/mol. The van der Waals surface area contributed by atoms with Gasteiger partial charge in [0.1, 0.15) is 5.78 Å². The van der Waals surface area contributed by atoms with Crippen LogP contribution in [0.15, 0.2) is 23.1 Å². The first-order valence-corrected chi connectivity index (χ1v) is 13.1. The molecule has 0 saturated carbocycles. The largest absolute Gasteiger partial charge is 0.469 e. The third kappa shape index (κ3) is 9.95. The average molecular weight is 510 g/mol. The van der Waals surface area contributed by atoms with Gasteiger partial charge in [-0.15, -0.1) is 11.3 Å². The van der Waals surface area contributed by atoms with Gasteiger partial charge in [-0.3, -0.25) is 9.59 Å². The molecule has 1 aromatic heterocycles. The van der Waals surface area contributed by atoms with Crippen molar-refractivity contribution in [3.63, 3.8) is 0 Å². The normalized spacial score (nSPS) is 17.1. The summed E-state index contributed by atoms with van der Waals surface area (Å²) < 4.78 is 4.58. The van der Waals surface area contributed by atoms with E-state index >= 15 is 0 Å². The summed E-state index contributed by atoms with van der Waals surface area (Å²) in [4.78, 5) is 28.8. The number of unbranched alkanes of at least 4 members (excludes halogenated alkanes) is 1. The van der Waals surface area contributed by atoms with Crippen molar-refractivity contribution in [2.24, 2.45) is 17.3 Å². The van der Waals surface area contributed by atoms with Gasteiger partial charge in [0.05, 0.1) is 48.0 Å². The molecular weight excluding hydrogens is 466 g/mol. The van der Waals surface area contributed by atoms with Crippen molar-refractivity contribution in [1.29, 1.82) is 0 Å². The molecule has 0 radical (unpaired) electrons. The Morgan fingerprint density at radius 1 is 1.20 bits per heavy atom. The minimum atomic E-state index is -1.18. The van der Waals surface area contributed by atoms with Gasteiger partial charge in [-0.05, 0) is 57.1 Å². The highest BCUT2D eigenvalue weighted by Gasteiger charge is 2.41. The van der Waals surface area contributed by atoms with E-state index in [1.165, 1.54) is 7.11 Å². The lowest BCUT2D eigenvalue weighted by molar-refractivity contribution is -0.149. The van der Waals surface area contributed by atoms with E-state index in [2.05, 4.69) is 9.72 Å². The number of hydrogen-bond donors (Lipinski definition) is 3. The Morgan fingerprint density at radius 3 is 2.43 bits per heavy atom. The second-order valence-corrected chi connectivity index (χ2v) is 11.0. The molecule has 1 rings (SSSR count). The summed E-state index contributed by atoms with van der Waals surface area (Å²) in [6.45, 7) is 10.6. The Hall–Kier alpha value is -1.87. The van der Waals surface area contributed by atoms with Crippen molar-refractivity contribution >= 4 is 29.2 Å². The van der Waals surface area contributed by atoms with Crippen molar-refractivity contribution in [2.45, 2.75) is 92.0 Å². The van der Waals surface area contributed by atoms with E-state index in [1.807, 2.05) is 44.4 Å². The lowest BCUT2D eigenvalue weighted by Gasteiger charge is -2.34. The summed E-state index contributed by atoms with van der Waals surface area (Å²) in [6, 6.07) is 0. The number of rotatable bonds is 15. The van der Waals surface area contributed by atoms with Crippen LogP contribution in [0, 0.1) is 24.2 Å². The lowest BCUT2D eigenvalue weighted by atomic mass is 9.73. The fourth-order valence-electron chi connectivity index (χ4n) is 3.93. The van der Waals surface area contributed by atoms with Crippen molar-refractivity contribution in [3.05, 3.63) is 33.8 Å². The van der Waals surface area contributed by atoms with Gasteiger partial charge in [0.2, 0.25) is 0 Å². The number of Topliss-reactive ketones (excluding diaryl/α,β-unsaturated/α-hetero) is 1. The topological polar surface area (TPSA) is 117 Å². The number of methoxy groups -OCH3 is 1. The molecule has 0 unspecified atom stereocenters. The summed E-state index contributed by atoms with van der Waals surface area (Å²) >= 11 is 1.58. The number of nitrogens with zero attached hydrogens (tertiary/aromatic N) is 1. The number of ether oxygens (including phenoxy) is 1. The Bertz CT molecular complexity index is 875. The molecule has 0 saturated heterocycles. The van der Waals surface area contributed by atoms with Gasteiger partial charge < -0.3 is 20.1 Å². The zero-order valence-corrected chi connectivity index (χ0v) is 23.0. The number of aliphatic hydroxyl groups is 3. The first kappa shape index (κ1) is 31.2. The fourth-order valence-corrected chi connectivity index (χ4v) is 4.50. The highest BCUT2D eigenvalue weighted by molar-refractivity contribution is 7.09. The van der Waals surface area contributed by atoms with Crippen LogP contribution in [0.5, 0.6) is 0 Å². The maximum atomic E-state index is 13.0. The zero-order chi connectivity index (χ0) is 26.8. The molecule has 0 aliphatic heterocycles. The van der Waals surface area contributed by atoms with Crippen LogP contribution >= 0.6 is 11.3 Å². The van der Waals surface area contributed by atoms with Crippen molar-refractivity contribution < 1.29 is 29.6 Å². The van der Waals surface area contributed by atoms with E-state index in [-0.39, 0.29) is 18.1 Å². The molecule has 35 heavy (non-hydrogen) atoms. The highest BCUT2D eigenvalue weighted by atomic mass is 32.1.